The Morgan fingerprint density at radius 2 is 1.71 bits per heavy atom. The van der Waals surface area contributed by atoms with E-state index in [1.54, 1.807) is 4.90 Å². The van der Waals surface area contributed by atoms with Crippen LogP contribution in [0.25, 0.3) is 0 Å². The van der Waals surface area contributed by atoms with E-state index in [-0.39, 0.29) is 16.4 Å². The third-order valence-corrected chi connectivity index (χ3v) is 7.33. The molecular weight excluding hydrogens is 420 g/mol. The first-order chi connectivity index (χ1) is 14.9. The van der Waals surface area contributed by atoms with E-state index in [2.05, 4.69) is 0 Å². The fourth-order valence-corrected chi connectivity index (χ4v) is 5.19. The monoisotopic (exact) mass is 444 g/mol. The van der Waals surface area contributed by atoms with Crippen LogP contribution in [0.2, 0.25) is 0 Å². The quantitative estimate of drug-likeness (QED) is 0.648. The highest BCUT2D eigenvalue weighted by Gasteiger charge is 2.29. The van der Waals surface area contributed by atoms with Crippen molar-refractivity contribution >= 4 is 21.9 Å². The molecule has 0 unspecified atom stereocenters. The maximum Gasteiger partial charge on any atom is 0.338 e. The van der Waals surface area contributed by atoms with Gasteiger partial charge >= 0.3 is 5.97 Å². The van der Waals surface area contributed by atoms with Crippen molar-refractivity contribution in [3.8, 4) is 0 Å². The molecule has 2 heterocycles. The van der Waals surface area contributed by atoms with Crippen molar-refractivity contribution in [3.05, 3.63) is 65.2 Å². The SMILES string of the molecule is O=C(OCC(=O)N1CCOCC1)c1cccc(S(=O)(=O)N2CCc3ccccc3C2)c1. The van der Waals surface area contributed by atoms with Gasteiger partial charge in [0, 0.05) is 26.2 Å². The van der Waals surface area contributed by atoms with Gasteiger partial charge in [0.1, 0.15) is 0 Å². The molecule has 2 aromatic rings. The molecule has 2 aromatic carbocycles. The molecule has 2 aliphatic rings. The number of fused-ring (bicyclic) bond motifs is 1. The lowest BCUT2D eigenvalue weighted by Crippen LogP contribution is -2.42. The number of carbonyl (C=O) groups excluding carboxylic acids is 2. The average molecular weight is 445 g/mol. The smallest absolute Gasteiger partial charge is 0.338 e. The molecule has 0 N–H and O–H groups in total. The Hall–Kier alpha value is -2.75. The zero-order valence-electron chi connectivity index (χ0n) is 17.0. The van der Waals surface area contributed by atoms with Crippen molar-refractivity contribution in [1.29, 1.82) is 0 Å². The first kappa shape index (κ1) is 21.5. The normalized spacial score (nSPS) is 17.1. The van der Waals surface area contributed by atoms with Gasteiger partial charge in [0.2, 0.25) is 10.0 Å². The van der Waals surface area contributed by atoms with E-state index >= 15 is 0 Å². The highest BCUT2D eigenvalue weighted by atomic mass is 32.2. The fourth-order valence-electron chi connectivity index (χ4n) is 3.72. The lowest BCUT2D eigenvalue weighted by molar-refractivity contribution is -0.138. The average Bonchev–Trinajstić information content (AvgIpc) is 2.82. The Bertz CT molecular complexity index is 1080. The highest BCUT2D eigenvalue weighted by molar-refractivity contribution is 7.89. The Labute approximate surface area is 181 Å². The molecule has 0 spiro atoms. The van der Waals surface area contributed by atoms with Gasteiger partial charge in [0.15, 0.2) is 6.61 Å². The molecule has 0 bridgehead atoms. The summed E-state index contributed by atoms with van der Waals surface area (Å²) in [4.78, 5) is 26.2. The summed E-state index contributed by atoms with van der Waals surface area (Å²) in [6.45, 7) is 2.12. The van der Waals surface area contributed by atoms with E-state index in [1.807, 2.05) is 24.3 Å². The molecule has 31 heavy (non-hydrogen) atoms. The van der Waals surface area contributed by atoms with Gasteiger partial charge in [-0.25, -0.2) is 13.2 Å². The largest absolute Gasteiger partial charge is 0.452 e. The molecule has 0 saturated carbocycles. The standard InChI is InChI=1S/C22H24N2O6S/c25-21(23-10-12-29-13-11-23)16-30-22(26)18-6-3-7-20(14-18)31(27,28)24-9-8-17-4-1-2-5-19(17)15-24/h1-7,14H,8-13,15-16H2. The van der Waals surface area contributed by atoms with Crippen molar-refractivity contribution in [3.63, 3.8) is 0 Å². The minimum absolute atomic E-state index is 0.0286. The van der Waals surface area contributed by atoms with Crippen molar-refractivity contribution < 1.29 is 27.5 Å². The predicted octanol–water partition coefficient (Wildman–Crippen LogP) is 1.45. The topological polar surface area (TPSA) is 93.2 Å². The summed E-state index contributed by atoms with van der Waals surface area (Å²) in [7, 11) is -3.77. The summed E-state index contributed by atoms with van der Waals surface area (Å²) >= 11 is 0. The minimum Gasteiger partial charge on any atom is -0.452 e. The maximum atomic E-state index is 13.1. The molecule has 9 heteroatoms. The molecule has 0 aromatic heterocycles. The van der Waals surface area contributed by atoms with Gasteiger partial charge in [-0.3, -0.25) is 4.79 Å². The Morgan fingerprint density at radius 1 is 0.968 bits per heavy atom. The molecule has 8 nitrogen and oxygen atoms in total. The van der Waals surface area contributed by atoms with Gasteiger partial charge in [-0.15, -0.1) is 0 Å². The van der Waals surface area contributed by atoms with Gasteiger partial charge in [-0.2, -0.15) is 4.31 Å². The third-order valence-electron chi connectivity index (χ3n) is 5.49. The zero-order valence-corrected chi connectivity index (χ0v) is 17.8. The number of amides is 1. The van der Waals surface area contributed by atoms with Gasteiger partial charge in [0.05, 0.1) is 23.7 Å². The summed E-state index contributed by atoms with van der Waals surface area (Å²) in [5.41, 5.74) is 2.22. The fraction of sp³-hybridized carbons (Fsp3) is 0.364. The molecule has 164 valence electrons. The number of hydrogen-bond donors (Lipinski definition) is 0. The molecule has 0 radical (unpaired) electrons. The number of rotatable bonds is 5. The highest BCUT2D eigenvalue weighted by Crippen LogP contribution is 2.25. The number of ether oxygens (including phenoxy) is 2. The summed E-state index contributed by atoms with van der Waals surface area (Å²) < 4.78 is 38.0. The molecule has 2 aliphatic heterocycles. The molecule has 1 fully saturated rings. The van der Waals surface area contributed by atoms with Crippen LogP contribution in [0.15, 0.2) is 53.4 Å². The molecule has 1 amide bonds. The summed E-state index contributed by atoms with van der Waals surface area (Å²) in [6.07, 6.45) is 0.640. The van der Waals surface area contributed by atoms with E-state index in [9.17, 15) is 18.0 Å². The Kier molecular flexibility index (Phi) is 6.35. The number of sulfonamides is 1. The number of nitrogens with zero attached hydrogens (tertiary/aromatic N) is 2. The van der Waals surface area contributed by atoms with Crippen LogP contribution >= 0.6 is 0 Å². The van der Waals surface area contributed by atoms with Crippen molar-refractivity contribution in [1.82, 2.24) is 9.21 Å². The number of benzene rings is 2. The van der Waals surface area contributed by atoms with E-state index < -0.39 is 22.6 Å². The molecule has 1 saturated heterocycles. The van der Waals surface area contributed by atoms with E-state index in [4.69, 9.17) is 9.47 Å². The first-order valence-electron chi connectivity index (χ1n) is 10.1. The van der Waals surface area contributed by atoms with Crippen LogP contribution in [0.3, 0.4) is 0 Å². The first-order valence-corrected chi connectivity index (χ1v) is 11.6. The van der Waals surface area contributed by atoms with Gasteiger partial charge < -0.3 is 14.4 Å². The van der Waals surface area contributed by atoms with Crippen LogP contribution in [0.1, 0.15) is 21.5 Å². The van der Waals surface area contributed by atoms with Crippen molar-refractivity contribution in [2.75, 3.05) is 39.5 Å². The van der Waals surface area contributed by atoms with Crippen LogP contribution in [0.4, 0.5) is 0 Å². The summed E-state index contributed by atoms with van der Waals surface area (Å²) in [6, 6.07) is 13.5. The van der Waals surface area contributed by atoms with E-state index in [0.29, 0.717) is 45.8 Å². The molecule has 0 atom stereocenters. The summed E-state index contributed by atoms with van der Waals surface area (Å²) in [5, 5.41) is 0. The lowest BCUT2D eigenvalue weighted by Gasteiger charge is -2.28. The zero-order chi connectivity index (χ0) is 21.8. The van der Waals surface area contributed by atoms with Crippen LogP contribution < -0.4 is 0 Å². The van der Waals surface area contributed by atoms with Gasteiger partial charge in [-0.05, 0) is 35.7 Å². The second-order valence-electron chi connectivity index (χ2n) is 7.45. The van der Waals surface area contributed by atoms with Gasteiger partial charge in [-0.1, -0.05) is 30.3 Å². The van der Waals surface area contributed by atoms with Crippen molar-refractivity contribution in [2.24, 2.45) is 0 Å². The molecule has 0 aliphatic carbocycles. The summed E-state index contributed by atoms with van der Waals surface area (Å²) in [5.74, 6) is -1.03. The third kappa shape index (κ3) is 4.79. The number of esters is 1. The van der Waals surface area contributed by atoms with Crippen LogP contribution in [0.5, 0.6) is 0 Å². The number of carbonyl (C=O) groups is 2. The minimum atomic E-state index is -3.77. The maximum absolute atomic E-state index is 13.1. The van der Waals surface area contributed by atoms with E-state index in [1.165, 1.54) is 28.6 Å². The second-order valence-corrected chi connectivity index (χ2v) is 9.39. The predicted molar refractivity (Wildman–Crippen MR) is 112 cm³/mol. The van der Waals surface area contributed by atoms with Gasteiger partial charge in [0.25, 0.3) is 5.91 Å². The van der Waals surface area contributed by atoms with Crippen LogP contribution in [-0.4, -0.2) is 69.0 Å². The van der Waals surface area contributed by atoms with Crippen LogP contribution in [0, 0.1) is 0 Å². The molecule has 4 rings (SSSR count). The number of hydrogen-bond acceptors (Lipinski definition) is 6. The van der Waals surface area contributed by atoms with Crippen LogP contribution in [-0.2, 0) is 37.3 Å². The van der Waals surface area contributed by atoms with E-state index in [0.717, 1.165) is 11.1 Å². The Morgan fingerprint density at radius 3 is 2.48 bits per heavy atom. The molecular formula is C22H24N2O6S. The number of morpholine rings is 1. The van der Waals surface area contributed by atoms with Crippen molar-refractivity contribution in [2.45, 2.75) is 17.9 Å². The second kappa shape index (κ2) is 9.17. The lowest BCUT2D eigenvalue weighted by atomic mass is 10.0. The Balaban J connectivity index is 1.43.